The van der Waals surface area contributed by atoms with Gasteiger partial charge in [0.05, 0.1) is 0 Å². The molecule has 0 bridgehead atoms. The molecule has 2 saturated heterocycles. The number of pyridine rings is 1. The van der Waals surface area contributed by atoms with E-state index in [1.165, 1.54) is 0 Å². The first-order valence-corrected chi connectivity index (χ1v) is 7.38. The number of nitrogens with one attached hydrogen (secondary N) is 1. The highest BCUT2D eigenvalue weighted by atomic mass is 15.4. The molecule has 0 saturated carbocycles. The van der Waals surface area contributed by atoms with Gasteiger partial charge in [0.25, 0.3) is 0 Å². The summed E-state index contributed by atoms with van der Waals surface area (Å²) in [6.45, 7) is 10.0. The van der Waals surface area contributed by atoms with Crippen molar-refractivity contribution in [3.8, 4) is 0 Å². The summed E-state index contributed by atoms with van der Waals surface area (Å²) < 4.78 is 1.94. The Labute approximate surface area is 119 Å². The molecule has 2 fully saturated rings. The number of aromatic nitrogens is 3. The van der Waals surface area contributed by atoms with E-state index in [9.17, 15) is 0 Å². The van der Waals surface area contributed by atoms with Crippen LogP contribution in [-0.2, 0) is 0 Å². The molecule has 2 atom stereocenters. The predicted octanol–water partition coefficient (Wildman–Crippen LogP) is 1.47. The van der Waals surface area contributed by atoms with Gasteiger partial charge in [-0.2, -0.15) is 4.98 Å². The molecule has 0 aromatic carbocycles. The first-order chi connectivity index (χ1) is 9.57. The van der Waals surface area contributed by atoms with Crippen molar-refractivity contribution in [3.63, 3.8) is 0 Å². The molecule has 20 heavy (non-hydrogen) atoms. The predicted molar refractivity (Wildman–Crippen MR) is 79.0 cm³/mol. The summed E-state index contributed by atoms with van der Waals surface area (Å²) in [6, 6.07) is 6.13. The third-order valence-corrected chi connectivity index (χ3v) is 5.14. The van der Waals surface area contributed by atoms with Crippen LogP contribution in [0, 0.1) is 18.8 Å². The summed E-state index contributed by atoms with van der Waals surface area (Å²) in [6.07, 6.45) is 0. The normalized spacial score (nSPS) is 28.2. The molecule has 0 aliphatic carbocycles. The van der Waals surface area contributed by atoms with Crippen LogP contribution in [0.25, 0.3) is 5.65 Å². The summed E-state index contributed by atoms with van der Waals surface area (Å²) >= 11 is 0. The van der Waals surface area contributed by atoms with Gasteiger partial charge >= 0.3 is 0 Å². The maximum atomic E-state index is 4.74. The average Bonchev–Trinajstić information content (AvgIpc) is 3.06. The van der Waals surface area contributed by atoms with Crippen LogP contribution in [0.1, 0.15) is 19.5 Å². The van der Waals surface area contributed by atoms with Crippen LogP contribution in [0.4, 0.5) is 5.95 Å². The molecule has 0 radical (unpaired) electrons. The molecule has 4 heterocycles. The third-order valence-electron chi connectivity index (χ3n) is 5.14. The Hall–Kier alpha value is -1.62. The van der Waals surface area contributed by atoms with Crippen LogP contribution < -0.4 is 10.2 Å². The molecule has 2 aliphatic heterocycles. The number of fused-ring (bicyclic) bond motifs is 2. The van der Waals surface area contributed by atoms with Crippen LogP contribution in [0.5, 0.6) is 0 Å². The number of nitrogens with zero attached hydrogens (tertiary/aromatic N) is 4. The largest absolute Gasteiger partial charge is 0.334 e. The summed E-state index contributed by atoms with van der Waals surface area (Å²) in [5.41, 5.74) is 2.18. The van der Waals surface area contributed by atoms with E-state index in [1.807, 2.05) is 16.6 Å². The fourth-order valence-electron chi connectivity index (χ4n) is 3.90. The lowest BCUT2D eigenvalue weighted by molar-refractivity contribution is 0.355. The molecule has 2 aliphatic rings. The molecule has 2 aromatic rings. The lowest BCUT2D eigenvalue weighted by atomic mass is 9.85. The summed E-state index contributed by atoms with van der Waals surface area (Å²) in [5, 5.41) is 8.24. The fourth-order valence-corrected chi connectivity index (χ4v) is 3.90. The molecular formula is C15H21N5. The van der Waals surface area contributed by atoms with Crippen LogP contribution in [0.2, 0.25) is 0 Å². The van der Waals surface area contributed by atoms with Gasteiger partial charge < -0.3 is 10.2 Å². The Morgan fingerprint density at radius 1 is 1.30 bits per heavy atom. The maximum Gasteiger partial charge on any atom is 0.246 e. The van der Waals surface area contributed by atoms with E-state index in [1.54, 1.807) is 0 Å². The topological polar surface area (TPSA) is 45.5 Å². The minimum atomic E-state index is 0.118. The molecule has 106 valence electrons. The van der Waals surface area contributed by atoms with E-state index in [-0.39, 0.29) is 5.54 Å². The molecule has 0 spiro atoms. The summed E-state index contributed by atoms with van der Waals surface area (Å²) in [7, 11) is 0. The Kier molecular flexibility index (Phi) is 2.40. The van der Waals surface area contributed by atoms with Crippen molar-refractivity contribution in [1.29, 1.82) is 0 Å². The minimum Gasteiger partial charge on any atom is -0.334 e. The Morgan fingerprint density at radius 3 is 2.90 bits per heavy atom. The number of aryl methyl sites for hydroxylation is 1. The van der Waals surface area contributed by atoms with Crippen molar-refractivity contribution >= 4 is 11.6 Å². The van der Waals surface area contributed by atoms with Gasteiger partial charge in [0, 0.05) is 30.9 Å². The van der Waals surface area contributed by atoms with Gasteiger partial charge in [-0.15, -0.1) is 5.10 Å². The monoisotopic (exact) mass is 271 g/mol. The van der Waals surface area contributed by atoms with E-state index in [0.29, 0.717) is 5.92 Å². The van der Waals surface area contributed by atoms with Gasteiger partial charge in [-0.1, -0.05) is 6.07 Å². The molecule has 1 N–H and O–H groups in total. The van der Waals surface area contributed by atoms with E-state index in [0.717, 1.165) is 42.8 Å². The van der Waals surface area contributed by atoms with Gasteiger partial charge in [0.15, 0.2) is 5.65 Å². The van der Waals surface area contributed by atoms with Crippen molar-refractivity contribution in [1.82, 2.24) is 19.9 Å². The van der Waals surface area contributed by atoms with Crippen LogP contribution in [0.15, 0.2) is 18.2 Å². The van der Waals surface area contributed by atoms with Gasteiger partial charge in [-0.05, 0) is 44.7 Å². The second-order valence-corrected chi connectivity index (χ2v) is 6.64. The molecule has 4 rings (SSSR count). The van der Waals surface area contributed by atoms with Crippen LogP contribution in [0.3, 0.4) is 0 Å². The Balaban J connectivity index is 1.78. The number of anilines is 1. The molecule has 2 aromatic heterocycles. The summed E-state index contributed by atoms with van der Waals surface area (Å²) in [4.78, 5) is 7.13. The number of rotatable bonds is 1. The first-order valence-electron chi connectivity index (χ1n) is 7.38. The molecule has 0 amide bonds. The zero-order valence-corrected chi connectivity index (χ0v) is 12.3. The van der Waals surface area contributed by atoms with Gasteiger partial charge in [0.1, 0.15) is 0 Å². The summed E-state index contributed by atoms with van der Waals surface area (Å²) in [5.74, 6) is 2.28. The third kappa shape index (κ3) is 1.53. The fraction of sp³-hybridized carbons (Fsp3) is 0.600. The lowest BCUT2D eigenvalue weighted by Gasteiger charge is -2.34. The highest BCUT2D eigenvalue weighted by Gasteiger charge is 2.50. The average molecular weight is 271 g/mol. The van der Waals surface area contributed by atoms with Gasteiger partial charge in [-0.3, -0.25) is 0 Å². The number of hydrogen-bond acceptors (Lipinski definition) is 4. The smallest absolute Gasteiger partial charge is 0.246 e. The second-order valence-electron chi connectivity index (χ2n) is 6.64. The molecule has 5 heteroatoms. The Morgan fingerprint density at radius 2 is 2.15 bits per heavy atom. The van der Waals surface area contributed by atoms with Gasteiger partial charge in [0.2, 0.25) is 5.95 Å². The van der Waals surface area contributed by atoms with Crippen molar-refractivity contribution < 1.29 is 0 Å². The van der Waals surface area contributed by atoms with Gasteiger partial charge in [-0.25, -0.2) is 4.52 Å². The van der Waals surface area contributed by atoms with Crippen molar-refractivity contribution in [2.75, 3.05) is 24.5 Å². The van der Waals surface area contributed by atoms with E-state index in [2.05, 4.69) is 37.1 Å². The molecule has 5 nitrogen and oxygen atoms in total. The van der Waals surface area contributed by atoms with Crippen molar-refractivity contribution in [3.05, 3.63) is 23.9 Å². The Bertz CT molecular complexity index is 659. The zero-order chi connectivity index (χ0) is 13.9. The second kappa shape index (κ2) is 3.95. The molecular weight excluding hydrogens is 250 g/mol. The standard InChI is InChI=1S/C15H21N5/c1-10-5-4-6-13-17-14(18-20(10)13)19-9-11-7-16-8-12(11)15(19,2)3/h4-6,11-12,16H,7-9H2,1-3H3. The number of hydrogen-bond donors (Lipinski definition) is 1. The first kappa shape index (κ1) is 12.1. The van der Waals surface area contributed by atoms with Crippen LogP contribution in [-0.4, -0.2) is 39.8 Å². The molecule has 2 unspecified atom stereocenters. The van der Waals surface area contributed by atoms with E-state index < -0.39 is 0 Å². The highest BCUT2D eigenvalue weighted by Crippen LogP contribution is 2.42. The van der Waals surface area contributed by atoms with Crippen molar-refractivity contribution in [2.24, 2.45) is 11.8 Å². The zero-order valence-electron chi connectivity index (χ0n) is 12.3. The lowest BCUT2D eigenvalue weighted by Crippen LogP contribution is -2.45. The van der Waals surface area contributed by atoms with Crippen LogP contribution >= 0.6 is 0 Å². The van der Waals surface area contributed by atoms with Crippen molar-refractivity contribution in [2.45, 2.75) is 26.3 Å². The van der Waals surface area contributed by atoms with E-state index in [4.69, 9.17) is 10.1 Å². The quantitative estimate of drug-likeness (QED) is 0.853. The van der Waals surface area contributed by atoms with E-state index >= 15 is 0 Å². The minimum absolute atomic E-state index is 0.118. The maximum absolute atomic E-state index is 4.74. The highest BCUT2D eigenvalue weighted by molar-refractivity contribution is 5.48. The SMILES string of the molecule is Cc1cccc2nc(N3CC4CNCC4C3(C)C)nn12.